The van der Waals surface area contributed by atoms with Crippen LogP contribution >= 0.6 is 11.3 Å². The molecule has 2 saturated heterocycles. The molecule has 0 aromatic heterocycles. The molecule has 0 amide bonds. The lowest BCUT2D eigenvalue weighted by Crippen LogP contribution is -2.53. The summed E-state index contributed by atoms with van der Waals surface area (Å²) in [6.45, 7) is 5.75. The van der Waals surface area contributed by atoms with Crippen molar-refractivity contribution in [2.45, 2.75) is 31.8 Å². The molecule has 0 N–H and O–H groups in total. The van der Waals surface area contributed by atoms with Gasteiger partial charge in [0.05, 0.1) is 20.8 Å². The molecule has 4 nitrogen and oxygen atoms in total. The molecule has 128 valence electrons. The zero-order valence-corrected chi connectivity index (χ0v) is 15.1. The minimum absolute atomic E-state index is 0.0507. The van der Waals surface area contributed by atoms with Crippen molar-refractivity contribution >= 4 is 27.2 Å². The first-order chi connectivity index (χ1) is 12.2. The van der Waals surface area contributed by atoms with Gasteiger partial charge in [-0.25, -0.2) is 4.98 Å². The predicted octanol–water partition coefficient (Wildman–Crippen LogP) is 3.43. The van der Waals surface area contributed by atoms with Crippen LogP contribution in [-0.2, 0) is 0 Å². The molecule has 0 unspecified atom stereocenters. The molecular weight excluding hydrogens is 330 g/mol. The standard InChI is InChI=1S/C20H21N3OS/c1-2-22-11-14-3-4-15(12-22)23(14)13-5-7-17-19(9-13)25-20-10-16(24)6-8-18(20)21-17/h5-10,14-15H,2-4,11-12H2,1H3/t14-,15+. The van der Waals surface area contributed by atoms with Crippen LogP contribution < -0.4 is 10.3 Å². The number of nitrogens with zero attached hydrogens (tertiary/aromatic N) is 3. The number of rotatable bonds is 2. The predicted molar refractivity (Wildman–Crippen MR) is 104 cm³/mol. The summed E-state index contributed by atoms with van der Waals surface area (Å²) in [6, 6.07) is 13.0. The van der Waals surface area contributed by atoms with Crippen LogP contribution in [0.5, 0.6) is 0 Å². The van der Waals surface area contributed by atoms with E-state index in [4.69, 9.17) is 4.98 Å². The van der Waals surface area contributed by atoms with Gasteiger partial charge in [0.1, 0.15) is 0 Å². The van der Waals surface area contributed by atoms with Crippen molar-refractivity contribution in [1.82, 2.24) is 9.88 Å². The van der Waals surface area contributed by atoms with Crippen LogP contribution in [-0.4, -0.2) is 41.6 Å². The molecule has 25 heavy (non-hydrogen) atoms. The van der Waals surface area contributed by atoms with E-state index in [9.17, 15) is 4.79 Å². The Balaban J connectivity index is 1.58. The molecule has 1 aromatic rings. The summed E-state index contributed by atoms with van der Waals surface area (Å²) in [5, 5.41) is 0. The van der Waals surface area contributed by atoms with Gasteiger partial charge >= 0.3 is 0 Å². The lowest BCUT2D eigenvalue weighted by Gasteiger charge is -2.42. The van der Waals surface area contributed by atoms with Crippen molar-refractivity contribution in [3.8, 4) is 10.6 Å². The highest BCUT2D eigenvalue weighted by molar-refractivity contribution is 7.21. The zero-order chi connectivity index (χ0) is 17.0. The van der Waals surface area contributed by atoms with Gasteiger partial charge in [-0.05, 0) is 49.7 Å². The monoisotopic (exact) mass is 351 g/mol. The summed E-state index contributed by atoms with van der Waals surface area (Å²) in [7, 11) is 0. The second-order valence-electron chi connectivity index (χ2n) is 7.14. The summed E-state index contributed by atoms with van der Waals surface area (Å²) in [4.78, 5) is 22.6. The van der Waals surface area contributed by atoms with Crippen molar-refractivity contribution < 1.29 is 0 Å². The van der Waals surface area contributed by atoms with Gasteiger partial charge in [0.25, 0.3) is 0 Å². The van der Waals surface area contributed by atoms with E-state index in [2.05, 4.69) is 34.9 Å². The Labute approximate surface area is 151 Å². The van der Waals surface area contributed by atoms with E-state index in [1.165, 1.54) is 31.6 Å². The molecule has 3 aliphatic heterocycles. The number of likely N-dealkylation sites (N-methyl/N-ethyl adjacent to an activating group) is 1. The number of anilines is 1. The van der Waals surface area contributed by atoms with Crippen molar-refractivity contribution in [2.24, 2.45) is 0 Å². The fraction of sp³-hybridized carbons (Fsp3) is 0.400. The average molecular weight is 351 g/mol. The Bertz CT molecular complexity index is 955. The molecule has 1 aliphatic carbocycles. The highest BCUT2D eigenvalue weighted by Gasteiger charge is 2.39. The van der Waals surface area contributed by atoms with E-state index in [0.29, 0.717) is 12.1 Å². The first kappa shape index (κ1) is 15.3. The molecule has 2 atom stereocenters. The van der Waals surface area contributed by atoms with Gasteiger partial charge in [0.15, 0.2) is 5.43 Å². The topological polar surface area (TPSA) is 36.4 Å². The summed E-state index contributed by atoms with van der Waals surface area (Å²) < 4.78 is 1.16. The molecule has 1 aromatic carbocycles. The zero-order valence-electron chi connectivity index (χ0n) is 14.3. The SMILES string of the molecule is CCN1C[C@H]2CC[C@@H](C1)N2c1ccc2nc3ccc(=O)cc-3sc2c1. The van der Waals surface area contributed by atoms with Crippen LogP contribution in [0.25, 0.3) is 20.8 Å². The summed E-state index contributed by atoms with van der Waals surface area (Å²) in [5.74, 6) is 0. The van der Waals surface area contributed by atoms with Gasteiger partial charge in [-0.15, -0.1) is 11.3 Å². The summed E-state index contributed by atoms with van der Waals surface area (Å²) in [6.07, 6.45) is 2.58. The van der Waals surface area contributed by atoms with Crippen LogP contribution in [0.4, 0.5) is 5.69 Å². The third kappa shape index (κ3) is 2.53. The third-order valence-electron chi connectivity index (χ3n) is 5.64. The van der Waals surface area contributed by atoms with Gasteiger partial charge in [-0.3, -0.25) is 9.69 Å². The van der Waals surface area contributed by atoms with Crippen LogP contribution in [0, 0.1) is 0 Å². The van der Waals surface area contributed by atoms with Gasteiger partial charge in [0.2, 0.25) is 0 Å². The lowest BCUT2D eigenvalue weighted by molar-refractivity contribution is 0.230. The van der Waals surface area contributed by atoms with E-state index >= 15 is 0 Å². The summed E-state index contributed by atoms with van der Waals surface area (Å²) >= 11 is 1.67. The molecule has 3 heterocycles. The van der Waals surface area contributed by atoms with Crippen LogP contribution in [0.3, 0.4) is 0 Å². The molecular formula is C20H21N3OS. The van der Waals surface area contributed by atoms with Crippen molar-refractivity contribution in [1.29, 1.82) is 0 Å². The molecule has 0 spiro atoms. The highest BCUT2D eigenvalue weighted by atomic mass is 32.1. The second kappa shape index (κ2) is 5.78. The quantitative estimate of drug-likeness (QED) is 0.663. The van der Waals surface area contributed by atoms with Gasteiger partial charge in [-0.2, -0.15) is 0 Å². The van der Waals surface area contributed by atoms with E-state index < -0.39 is 0 Å². The number of hydrogen-bond donors (Lipinski definition) is 0. The number of likely N-dealkylation sites (tertiary alicyclic amines) is 1. The Morgan fingerprint density at radius 2 is 1.92 bits per heavy atom. The van der Waals surface area contributed by atoms with Crippen molar-refractivity contribution in [3.63, 3.8) is 0 Å². The first-order valence-electron chi connectivity index (χ1n) is 9.06. The number of fused-ring (bicyclic) bond motifs is 4. The van der Waals surface area contributed by atoms with Crippen molar-refractivity contribution in [2.75, 3.05) is 24.5 Å². The first-order valence-corrected chi connectivity index (χ1v) is 9.88. The second-order valence-corrected chi connectivity index (χ2v) is 8.22. The molecule has 0 saturated carbocycles. The Morgan fingerprint density at radius 3 is 2.68 bits per heavy atom. The van der Waals surface area contributed by atoms with Gasteiger partial charge in [0, 0.05) is 36.9 Å². The smallest absolute Gasteiger partial charge is 0.180 e. The van der Waals surface area contributed by atoms with Crippen LogP contribution in [0.15, 0.2) is 41.2 Å². The minimum Gasteiger partial charge on any atom is -0.363 e. The van der Waals surface area contributed by atoms with Crippen LogP contribution in [0.2, 0.25) is 0 Å². The van der Waals surface area contributed by atoms with Crippen LogP contribution in [0.1, 0.15) is 19.8 Å². The number of hydrogen-bond acceptors (Lipinski definition) is 5. The third-order valence-corrected chi connectivity index (χ3v) is 6.73. The fourth-order valence-electron chi connectivity index (χ4n) is 4.42. The minimum atomic E-state index is 0.0507. The fourth-order valence-corrected chi connectivity index (χ4v) is 5.45. The molecule has 5 rings (SSSR count). The van der Waals surface area contributed by atoms with Gasteiger partial charge in [-0.1, -0.05) is 6.92 Å². The normalized spacial score (nSPS) is 23.6. The Morgan fingerprint density at radius 1 is 1.12 bits per heavy atom. The molecule has 0 radical (unpaired) electrons. The maximum Gasteiger partial charge on any atom is 0.180 e. The summed E-state index contributed by atoms with van der Waals surface area (Å²) in [5.41, 5.74) is 3.28. The van der Waals surface area contributed by atoms with Crippen molar-refractivity contribution in [3.05, 3.63) is 46.6 Å². The maximum atomic E-state index is 11.7. The van der Waals surface area contributed by atoms with E-state index in [1.807, 2.05) is 6.07 Å². The largest absolute Gasteiger partial charge is 0.363 e. The number of benzene rings is 2. The molecule has 4 aliphatic rings. The highest BCUT2D eigenvalue weighted by Crippen LogP contribution is 2.38. The molecule has 2 bridgehead atoms. The van der Waals surface area contributed by atoms with Gasteiger partial charge < -0.3 is 4.90 Å². The van der Waals surface area contributed by atoms with E-state index in [1.54, 1.807) is 23.5 Å². The Hall–Kier alpha value is -1.98. The number of aromatic nitrogens is 1. The molecule has 2 fully saturated rings. The van der Waals surface area contributed by atoms with E-state index in [0.717, 1.165) is 27.3 Å². The molecule has 5 heteroatoms. The average Bonchev–Trinajstić information content (AvgIpc) is 2.89. The van der Waals surface area contributed by atoms with E-state index in [-0.39, 0.29) is 5.43 Å². The maximum absolute atomic E-state index is 11.7. The number of piperazine rings is 1. The Kier molecular flexibility index (Phi) is 3.54. The lowest BCUT2D eigenvalue weighted by atomic mass is 10.1.